The molecule has 0 fully saturated rings. The molecule has 0 spiro atoms. The first-order chi connectivity index (χ1) is 12.6. The quantitative estimate of drug-likeness (QED) is 0.639. The van der Waals surface area contributed by atoms with E-state index in [2.05, 4.69) is 15.5 Å². The van der Waals surface area contributed by atoms with Crippen LogP contribution in [-0.2, 0) is 17.6 Å². The second-order valence-electron chi connectivity index (χ2n) is 6.20. The van der Waals surface area contributed by atoms with Crippen LogP contribution in [0.3, 0.4) is 0 Å². The van der Waals surface area contributed by atoms with Crippen molar-refractivity contribution in [3.8, 4) is 0 Å². The lowest BCUT2D eigenvalue weighted by Gasteiger charge is -2.10. The summed E-state index contributed by atoms with van der Waals surface area (Å²) >= 11 is 0. The number of nitrogen functional groups attached to an aromatic ring is 1. The average Bonchev–Trinajstić information content (AvgIpc) is 3.10. The van der Waals surface area contributed by atoms with Gasteiger partial charge >= 0.3 is 0 Å². The molecule has 0 aliphatic carbocycles. The summed E-state index contributed by atoms with van der Waals surface area (Å²) in [6.07, 6.45) is 1.54. The number of nitrogens with two attached hydrogens (primary N) is 1. The minimum atomic E-state index is -0.340. The van der Waals surface area contributed by atoms with Crippen LogP contribution in [0.5, 0.6) is 0 Å². The Bertz CT molecular complexity index is 861. The molecule has 1 unspecified atom stereocenters. The highest BCUT2D eigenvalue weighted by molar-refractivity contribution is 5.76. The highest BCUT2D eigenvalue weighted by atomic mass is 16.5. The highest BCUT2D eigenvalue weighted by Crippen LogP contribution is 2.15. The maximum Gasteiger partial charge on any atom is 0.248 e. The van der Waals surface area contributed by atoms with Crippen LogP contribution in [0.4, 0.5) is 5.69 Å². The smallest absolute Gasteiger partial charge is 0.248 e. The van der Waals surface area contributed by atoms with E-state index >= 15 is 0 Å². The molecule has 0 saturated carbocycles. The van der Waals surface area contributed by atoms with Crippen LogP contribution in [0.1, 0.15) is 42.2 Å². The summed E-state index contributed by atoms with van der Waals surface area (Å²) < 4.78 is 5.29. The van der Waals surface area contributed by atoms with Crippen LogP contribution in [0.2, 0.25) is 0 Å². The Hall–Kier alpha value is -3.15. The second kappa shape index (κ2) is 8.29. The second-order valence-corrected chi connectivity index (χ2v) is 6.20. The molecule has 1 amide bonds. The normalized spacial score (nSPS) is 11.9. The number of amides is 1. The predicted octanol–water partition coefficient (Wildman–Crippen LogP) is 3.05. The van der Waals surface area contributed by atoms with Gasteiger partial charge in [0, 0.05) is 18.5 Å². The molecule has 3 aromatic rings. The number of aryl methyl sites for hydroxylation is 1. The molecule has 0 aliphatic heterocycles. The number of aromatic nitrogens is 2. The van der Waals surface area contributed by atoms with Gasteiger partial charge < -0.3 is 15.6 Å². The van der Waals surface area contributed by atoms with Gasteiger partial charge in [0.15, 0.2) is 5.82 Å². The van der Waals surface area contributed by atoms with Crippen LogP contribution in [0, 0.1) is 0 Å². The predicted molar refractivity (Wildman–Crippen MR) is 99.3 cm³/mol. The van der Waals surface area contributed by atoms with Crippen LogP contribution < -0.4 is 11.1 Å². The molecule has 26 heavy (non-hydrogen) atoms. The number of nitrogens with zero attached hydrogens (tertiary/aromatic N) is 2. The number of hydrogen-bond donors (Lipinski definition) is 2. The molecule has 134 valence electrons. The number of para-hydroxylation sites is 1. The first kappa shape index (κ1) is 17.7. The molecule has 1 atom stereocenters. The first-order valence-electron chi connectivity index (χ1n) is 8.61. The minimum absolute atomic E-state index is 0.0800. The SMILES string of the molecule is CC(NC(=O)CCc1ccccc1N)c1nc(Cc2ccccc2)no1. The van der Waals surface area contributed by atoms with Crippen molar-refractivity contribution in [2.45, 2.75) is 32.2 Å². The van der Waals surface area contributed by atoms with Gasteiger partial charge in [-0.15, -0.1) is 0 Å². The molecule has 1 aromatic heterocycles. The van der Waals surface area contributed by atoms with Gasteiger partial charge in [-0.2, -0.15) is 4.98 Å². The first-order valence-corrected chi connectivity index (χ1v) is 8.61. The number of carbonyl (C=O) groups excluding carboxylic acids is 1. The maximum absolute atomic E-state index is 12.2. The zero-order valence-corrected chi connectivity index (χ0v) is 14.7. The number of hydrogen-bond acceptors (Lipinski definition) is 5. The molecule has 6 nitrogen and oxygen atoms in total. The van der Waals surface area contributed by atoms with E-state index in [-0.39, 0.29) is 11.9 Å². The number of rotatable bonds is 7. The molecule has 0 bridgehead atoms. The Labute approximate surface area is 152 Å². The Morgan fingerprint density at radius 1 is 1.15 bits per heavy atom. The van der Waals surface area contributed by atoms with Crippen molar-refractivity contribution in [1.82, 2.24) is 15.5 Å². The Morgan fingerprint density at radius 3 is 2.65 bits per heavy atom. The van der Waals surface area contributed by atoms with Gasteiger partial charge in [-0.25, -0.2) is 0 Å². The van der Waals surface area contributed by atoms with Crippen LogP contribution in [0.15, 0.2) is 59.1 Å². The van der Waals surface area contributed by atoms with Crippen molar-refractivity contribution in [2.24, 2.45) is 0 Å². The summed E-state index contributed by atoms with van der Waals surface area (Å²) in [5.41, 5.74) is 8.68. The highest BCUT2D eigenvalue weighted by Gasteiger charge is 2.17. The summed E-state index contributed by atoms with van der Waals surface area (Å²) in [7, 11) is 0. The molecule has 3 N–H and O–H groups in total. The van der Waals surface area contributed by atoms with E-state index in [0.717, 1.165) is 11.1 Å². The van der Waals surface area contributed by atoms with E-state index in [1.807, 2.05) is 61.5 Å². The molecule has 6 heteroatoms. The van der Waals surface area contributed by atoms with Gasteiger partial charge in [0.05, 0.1) is 0 Å². The minimum Gasteiger partial charge on any atom is -0.399 e. The zero-order valence-electron chi connectivity index (χ0n) is 14.7. The summed E-state index contributed by atoms with van der Waals surface area (Å²) in [5.74, 6) is 0.927. The summed E-state index contributed by atoms with van der Waals surface area (Å²) in [4.78, 5) is 16.5. The van der Waals surface area contributed by atoms with Crippen molar-refractivity contribution in [3.63, 3.8) is 0 Å². The third-order valence-corrected chi connectivity index (χ3v) is 4.11. The topological polar surface area (TPSA) is 94.0 Å². The Kier molecular flexibility index (Phi) is 5.63. The number of benzene rings is 2. The standard InChI is InChI=1S/C20H22N4O2/c1-14(22-19(25)12-11-16-9-5-6-10-17(16)21)20-23-18(24-26-20)13-15-7-3-2-4-8-15/h2-10,14H,11-13,21H2,1H3,(H,22,25). The fourth-order valence-electron chi connectivity index (χ4n) is 2.68. The Balaban J connectivity index is 1.52. The van der Waals surface area contributed by atoms with E-state index in [4.69, 9.17) is 10.3 Å². The van der Waals surface area contributed by atoms with E-state index in [1.165, 1.54) is 0 Å². The molecule has 0 aliphatic rings. The van der Waals surface area contributed by atoms with Gasteiger partial charge in [-0.05, 0) is 30.5 Å². The third-order valence-electron chi connectivity index (χ3n) is 4.11. The van der Waals surface area contributed by atoms with E-state index in [0.29, 0.717) is 36.7 Å². The molecule has 2 aromatic carbocycles. The summed E-state index contributed by atoms with van der Waals surface area (Å²) in [6, 6.07) is 17.1. The monoisotopic (exact) mass is 350 g/mol. The number of carbonyl (C=O) groups is 1. The van der Waals surface area contributed by atoms with Crippen LogP contribution in [0.25, 0.3) is 0 Å². The molecule has 1 heterocycles. The van der Waals surface area contributed by atoms with Crippen molar-refractivity contribution >= 4 is 11.6 Å². The van der Waals surface area contributed by atoms with E-state index < -0.39 is 0 Å². The van der Waals surface area contributed by atoms with E-state index in [1.54, 1.807) is 0 Å². The molecule has 3 rings (SSSR count). The molecule has 0 saturated heterocycles. The Morgan fingerprint density at radius 2 is 1.88 bits per heavy atom. The number of nitrogens with one attached hydrogen (secondary N) is 1. The average molecular weight is 350 g/mol. The fourth-order valence-corrected chi connectivity index (χ4v) is 2.68. The molecular weight excluding hydrogens is 328 g/mol. The van der Waals surface area contributed by atoms with Gasteiger partial charge in [0.2, 0.25) is 11.8 Å². The summed E-state index contributed by atoms with van der Waals surface area (Å²) in [5, 5.41) is 6.88. The van der Waals surface area contributed by atoms with Crippen molar-refractivity contribution in [1.29, 1.82) is 0 Å². The van der Waals surface area contributed by atoms with Crippen LogP contribution >= 0.6 is 0 Å². The molecular formula is C20H22N4O2. The van der Waals surface area contributed by atoms with Gasteiger partial charge in [-0.3, -0.25) is 4.79 Å². The lowest BCUT2D eigenvalue weighted by Crippen LogP contribution is -2.27. The van der Waals surface area contributed by atoms with Gasteiger partial charge in [-0.1, -0.05) is 53.7 Å². The summed E-state index contributed by atoms with van der Waals surface area (Å²) in [6.45, 7) is 1.83. The zero-order chi connectivity index (χ0) is 18.4. The van der Waals surface area contributed by atoms with Gasteiger partial charge in [0.25, 0.3) is 0 Å². The lowest BCUT2D eigenvalue weighted by atomic mass is 10.1. The largest absolute Gasteiger partial charge is 0.399 e. The van der Waals surface area contributed by atoms with Crippen LogP contribution in [-0.4, -0.2) is 16.0 Å². The van der Waals surface area contributed by atoms with Crippen molar-refractivity contribution < 1.29 is 9.32 Å². The van der Waals surface area contributed by atoms with Crippen molar-refractivity contribution in [2.75, 3.05) is 5.73 Å². The maximum atomic E-state index is 12.2. The van der Waals surface area contributed by atoms with Crippen molar-refractivity contribution in [3.05, 3.63) is 77.4 Å². The number of anilines is 1. The van der Waals surface area contributed by atoms with Gasteiger partial charge in [0.1, 0.15) is 6.04 Å². The van der Waals surface area contributed by atoms with E-state index in [9.17, 15) is 4.79 Å². The fraction of sp³-hybridized carbons (Fsp3) is 0.250. The lowest BCUT2D eigenvalue weighted by molar-refractivity contribution is -0.121. The third kappa shape index (κ3) is 4.69. The molecule has 0 radical (unpaired) electrons.